The predicted molar refractivity (Wildman–Crippen MR) is 275 cm³/mol. The summed E-state index contributed by atoms with van der Waals surface area (Å²) in [6, 6.07) is 28.2. The number of aromatic carboxylic acids is 3. The van der Waals surface area contributed by atoms with Crippen LogP contribution in [0.4, 0.5) is 0 Å². The standard InChI is InChI=1S/C12H11O4.C10H9BrO4.C10H9NO2Se.C10H5O4.C10H7O4.C2H3.4Y/c1-4-8-5-6-9(11(13)15-2)7-10(8)12(14)16-3;1-14-9(12)6-3-4-8(11)7(5-6)10(13)15-2;12-9-6-7-10(13)11(9)14-8-4-2-1-3-5-8;11-9(12)7-2-1-6-3-4-14-10(13)8(6)5-7;1-2-6-3-4-7(9(11)12)5-8(6)10(13)14;1-2;;;;/h1,4-7H,2-3H3;3-5H,1-2H3;1-5H,6-7H2;1-3,5H,(H,11,12);1-5H,(H,11,12)(H,13,14);1H,2H2;;;;/q-1;;;3*-1;;;;. The zero-order valence-electron chi connectivity index (χ0n) is 42.4. The summed E-state index contributed by atoms with van der Waals surface area (Å²) in [6.45, 7) is 17.5. The number of hydrogen-bond donors (Lipinski definition) is 3. The molecule has 0 atom stereocenters. The van der Waals surface area contributed by atoms with Gasteiger partial charge in [-0.2, -0.15) is 11.1 Å². The van der Waals surface area contributed by atoms with Crippen LogP contribution in [0.3, 0.4) is 0 Å². The van der Waals surface area contributed by atoms with Crippen molar-refractivity contribution in [3.05, 3.63) is 207 Å². The molecule has 1 fully saturated rings. The van der Waals surface area contributed by atoms with Gasteiger partial charge >= 0.3 is 130 Å². The van der Waals surface area contributed by atoms with Crippen molar-refractivity contribution in [2.24, 2.45) is 0 Å². The summed E-state index contributed by atoms with van der Waals surface area (Å²) >= 11 is 3.02. The molecule has 1 aliphatic heterocycles. The molecule has 402 valence electrons. The van der Waals surface area contributed by atoms with Gasteiger partial charge in [-0.05, 0) is 56.9 Å². The molecule has 1 aliphatic rings. The van der Waals surface area contributed by atoms with E-state index < -0.39 is 47.4 Å². The maximum atomic E-state index is 11.4. The summed E-state index contributed by atoms with van der Waals surface area (Å²) < 4.78 is 25.8. The van der Waals surface area contributed by atoms with Gasteiger partial charge in [0.25, 0.3) is 0 Å². The van der Waals surface area contributed by atoms with Crippen LogP contribution in [0.2, 0.25) is 0 Å². The Bertz CT molecular complexity index is 3160. The Labute approximate surface area is 569 Å². The maximum Gasteiger partial charge on any atom is 0.337 e. The molecule has 0 spiro atoms. The first-order valence-electron chi connectivity index (χ1n) is 20.9. The summed E-state index contributed by atoms with van der Waals surface area (Å²) in [7, 11) is 5.08. The van der Waals surface area contributed by atoms with Gasteiger partial charge in [0.2, 0.25) is 5.63 Å². The monoisotopic (exact) mass is 1510 g/mol. The Hall–Kier alpha value is -4.62. The van der Waals surface area contributed by atoms with E-state index >= 15 is 0 Å². The fourth-order valence-corrected chi connectivity index (χ4v) is 7.97. The van der Waals surface area contributed by atoms with Crippen LogP contribution in [0.1, 0.15) is 96.5 Å². The largest absolute Gasteiger partial charge is 0.521 e. The van der Waals surface area contributed by atoms with Crippen LogP contribution in [-0.2, 0) is 159 Å². The molecule has 1 aromatic heterocycles. The van der Waals surface area contributed by atoms with E-state index in [1.807, 2.05) is 30.3 Å². The summed E-state index contributed by atoms with van der Waals surface area (Å²) in [5.41, 5.74) is 1.19. The minimum absolute atomic E-state index is 0. The number of hydrogen-bond acceptors (Lipinski definition) is 15. The van der Waals surface area contributed by atoms with Gasteiger partial charge in [0, 0.05) is 135 Å². The fraction of sp³-hybridized carbons (Fsp3) is 0.111. The molecule has 2 amide bonds. The minimum Gasteiger partial charge on any atom is -0.521 e. The average molecular weight is 1510 g/mol. The molecule has 1 saturated heterocycles. The number of imide groups is 1. The third kappa shape index (κ3) is 25.0. The minimum atomic E-state index is -1.20. The second-order valence-corrected chi connectivity index (χ2v) is 16.9. The third-order valence-electron chi connectivity index (χ3n) is 9.39. The molecule has 0 unspecified atom stereocenters. The Morgan fingerprint density at radius 3 is 1.47 bits per heavy atom. The van der Waals surface area contributed by atoms with Gasteiger partial charge in [0.15, 0.2) is 0 Å². The van der Waals surface area contributed by atoms with E-state index in [9.17, 15) is 47.9 Å². The number of ether oxygens (including phenoxy) is 4. The number of amides is 2. The molecule has 19 nitrogen and oxygen atoms in total. The Balaban J connectivity index is -0.000000895. The summed E-state index contributed by atoms with van der Waals surface area (Å²) in [5.74, 6) is -5.57. The number of carbonyl (C=O) groups is 9. The number of carboxylic acids is 3. The molecular weight excluding hydrogens is 1470 g/mol. The van der Waals surface area contributed by atoms with Crippen LogP contribution in [0.5, 0.6) is 0 Å². The van der Waals surface area contributed by atoms with E-state index in [1.54, 1.807) is 24.3 Å². The summed E-state index contributed by atoms with van der Waals surface area (Å²) in [4.78, 5) is 111. The Kier molecular flexibility index (Phi) is 41.2. The summed E-state index contributed by atoms with van der Waals surface area (Å²) in [5, 5.41) is 26.9. The smallest absolute Gasteiger partial charge is 0.337 e. The molecule has 3 N–H and O–H groups in total. The van der Waals surface area contributed by atoms with Gasteiger partial charge in [-0.15, -0.1) is 29.7 Å². The number of rotatable bonds is 11. The number of halogens is 1. The SMILES string of the molecule is COC(=O)c1ccc(Br)c(C(=O)OC)c1.O=C(O)c1ccc2c[c-]oc(=O)c2c1.O=C1CCC(=O)N1[Se]c1ccccc1.[CH-]=C.[CH-]=Cc1ccc(C(=O)O)cc1C(=O)O.[CH-]=Cc1ccc(C(=O)OC)cc1C(=O)OC.[Y].[Y].[Y].[Y]. The van der Waals surface area contributed by atoms with E-state index in [0.29, 0.717) is 45.0 Å². The van der Waals surface area contributed by atoms with Crippen molar-refractivity contribution in [3.8, 4) is 0 Å². The molecular formula is C54H44BrNO18SeY4-4. The second-order valence-electron chi connectivity index (χ2n) is 14.0. The van der Waals surface area contributed by atoms with Gasteiger partial charge in [-0.25, -0.2) is 45.7 Å². The number of carbonyl (C=O) groups excluding carboxylic acids is 6. The van der Waals surface area contributed by atoms with Crippen molar-refractivity contribution in [2.45, 2.75) is 12.8 Å². The van der Waals surface area contributed by atoms with E-state index in [2.05, 4.69) is 58.7 Å². The van der Waals surface area contributed by atoms with E-state index in [4.69, 9.17) is 28.5 Å². The van der Waals surface area contributed by atoms with Crippen molar-refractivity contribution in [3.63, 3.8) is 0 Å². The van der Waals surface area contributed by atoms with Gasteiger partial charge < -0.3 is 50.1 Å². The van der Waals surface area contributed by atoms with Gasteiger partial charge in [-0.1, -0.05) is 36.4 Å². The number of benzene rings is 5. The topological polar surface area (TPSA) is 285 Å². The molecule has 0 aliphatic carbocycles. The molecule has 0 saturated carbocycles. The van der Waals surface area contributed by atoms with Crippen LogP contribution in [-0.4, -0.2) is 116 Å². The number of fused-ring (bicyclic) bond motifs is 1. The zero-order chi connectivity index (χ0) is 56.4. The quantitative estimate of drug-likeness (QED) is 0.0379. The van der Waals surface area contributed by atoms with E-state index in [1.165, 1.54) is 87.0 Å². The van der Waals surface area contributed by atoms with Crippen molar-refractivity contribution >= 4 is 112 Å². The number of esters is 4. The number of nitrogens with zero attached hydrogens (tertiary/aromatic N) is 1. The third-order valence-corrected chi connectivity index (χ3v) is 12.3. The molecule has 2 heterocycles. The van der Waals surface area contributed by atoms with Crippen LogP contribution in [0, 0.1) is 26.0 Å². The second kappa shape index (κ2) is 41.4. The first kappa shape index (κ1) is 78.6. The van der Waals surface area contributed by atoms with Crippen molar-refractivity contribution in [2.75, 3.05) is 28.4 Å². The van der Waals surface area contributed by atoms with Crippen molar-refractivity contribution < 1.29 is 213 Å². The fourth-order valence-electron chi connectivity index (χ4n) is 5.73. The van der Waals surface area contributed by atoms with Crippen molar-refractivity contribution in [1.29, 1.82) is 0 Å². The average Bonchev–Trinajstić information content (AvgIpc) is 3.75. The molecule has 5 aromatic carbocycles. The van der Waals surface area contributed by atoms with Crippen LogP contribution >= 0.6 is 15.9 Å². The molecule has 7 rings (SSSR count). The number of methoxy groups -OCH3 is 4. The molecule has 6 aromatic rings. The van der Waals surface area contributed by atoms with Crippen LogP contribution in [0.15, 0.2) is 129 Å². The maximum absolute atomic E-state index is 11.4. The van der Waals surface area contributed by atoms with Crippen LogP contribution in [0.25, 0.3) is 22.9 Å². The first-order chi connectivity index (χ1) is 35.7. The predicted octanol–water partition coefficient (Wildman–Crippen LogP) is 7.22. The summed E-state index contributed by atoms with van der Waals surface area (Å²) in [6.07, 6.45) is 5.47. The molecule has 25 heteroatoms. The zero-order valence-corrected chi connectivity index (χ0v) is 57.1. The van der Waals surface area contributed by atoms with E-state index in [-0.39, 0.29) is 191 Å². The molecule has 0 bridgehead atoms. The van der Waals surface area contributed by atoms with Gasteiger partial charge in [-0.3, -0.25) is 19.7 Å². The van der Waals surface area contributed by atoms with Gasteiger partial charge in [0.05, 0.1) is 56.3 Å². The Morgan fingerprint density at radius 1 is 0.582 bits per heavy atom. The van der Waals surface area contributed by atoms with Crippen LogP contribution < -0.4 is 10.1 Å². The first-order valence-corrected chi connectivity index (χ1v) is 23.3. The molecule has 4 radical (unpaired) electrons. The normalized spacial score (nSPS) is 10.2. The Morgan fingerprint density at radius 2 is 1.00 bits per heavy atom. The van der Waals surface area contributed by atoms with E-state index in [0.717, 1.165) is 16.6 Å². The van der Waals surface area contributed by atoms with Crippen molar-refractivity contribution in [1.82, 2.24) is 3.92 Å². The molecule has 79 heavy (non-hydrogen) atoms. The number of carboxylic acid groups (broad SMARTS) is 3. The van der Waals surface area contributed by atoms with Gasteiger partial charge in [0.1, 0.15) is 0 Å².